The molecule has 4 aliphatic carbocycles. The first-order valence-corrected chi connectivity index (χ1v) is 12.9. The first-order valence-electron chi connectivity index (χ1n) is 12.9. The van der Waals surface area contributed by atoms with Crippen molar-refractivity contribution in [3.8, 4) is 11.5 Å². The summed E-state index contributed by atoms with van der Waals surface area (Å²) in [5.41, 5.74) is 3.33. The summed E-state index contributed by atoms with van der Waals surface area (Å²) in [6.07, 6.45) is 15.1. The van der Waals surface area contributed by atoms with Crippen molar-refractivity contribution in [2.45, 2.75) is 51.4 Å². The van der Waals surface area contributed by atoms with Crippen LogP contribution in [-0.2, 0) is 0 Å². The van der Waals surface area contributed by atoms with Crippen molar-refractivity contribution < 1.29 is 9.47 Å². The van der Waals surface area contributed by atoms with Crippen LogP contribution in [0.5, 0.6) is 11.5 Å². The van der Waals surface area contributed by atoms with Gasteiger partial charge in [-0.15, -0.1) is 0 Å². The average Bonchev–Trinajstić information content (AvgIpc) is 2.84. The lowest BCUT2D eigenvalue weighted by Crippen LogP contribution is -2.52. The van der Waals surface area contributed by atoms with Crippen molar-refractivity contribution in [2.75, 3.05) is 27.3 Å². The number of aliphatic imine (C=N–C) groups is 2. The van der Waals surface area contributed by atoms with E-state index in [1.165, 1.54) is 51.4 Å². The molecule has 34 heavy (non-hydrogen) atoms. The predicted molar refractivity (Wildman–Crippen MR) is 140 cm³/mol. The van der Waals surface area contributed by atoms with Crippen molar-refractivity contribution in [1.29, 1.82) is 0 Å². The molecule has 6 rings (SSSR count). The quantitative estimate of drug-likeness (QED) is 0.376. The van der Waals surface area contributed by atoms with Crippen LogP contribution in [0.25, 0.3) is 0 Å². The van der Waals surface area contributed by atoms with E-state index in [0.29, 0.717) is 10.8 Å². The monoisotopic (exact) mass is 458 g/mol. The van der Waals surface area contributed by atoms with E-state index < -0.39 is 0 Å². The summed E-state index contributed by atoms with van der Waals surface area (Å²) < 4.78 is 10.5. The highest BCUT2D eigenvalue weighted by atomic mass is 16.5. The molecule has 0 heterocycles. The van der Waals surface area contributed by atoms with Crippen LogP contribution in [0.4, 0.5) is 0 Å². The van der Waals surface area contributed by atoms with E-state index in [9.17, 15) is 0 Å². The fraction of sp³-hybridized carbons (Fsp3) is 0.533. The van der Waals surface area contributed by atoms with Crippen LogP contribution in [0.3, 0.4) is 0 Å². The molecule has 4 aliphatic rings. The summed E-state index contributed by atoms with van der Waals surface area (Å²) in [4.78, 5) is 9.64. The van der Waals surface area contributed by atoms with Crippen LogP contribution in [0.15, 0.2) is 58.5 Å². The van der Waals surface area contributed by atoms with Gasteiger partial charge in [-0.1, -0.05) is 0 Å². The Hall–Kier alpha value is -2.62. The van der Waals surface area contributed by atoms with Crippen molar-refractivity contribution >= 4 is 12.4 Å². The van der Waals surface area contributed by atoms with Gasteiger partial charge in [-0.3, -0.25) is 9.98 Å². The zero-order valence-electron chi connectivity index (χ0n) is 20.7. The predicted octanol–water partition coefficient (Wildman–Crippen LogP) is 6.61. The minimum atomic E-state index is 0.515. The number of nitrogens with zero attached hydrogens (tertiary/aromatic N) is 2. The number of benzene rings is 2. The first kappa shape index (κ1) is 23.1. The molecule has 180 valence electrons. The zero-order valence-corrected chi connectivity index (χ0v) is 20.7. The van der Waals surface area contributed by atoms with Gasteiger partial charge in [0.05, 0.1) is 14.2 Å². The maximum atomic E-state index is 5.25. The molecule has 2 aromatic carbocycles. The minimum absolute atomic E-state index is 0.515. The van der Waals surface area contributed by atoms with E-state index in [2.05, 4.69) is 24.3 Å². The van der Waals surface area contributed by atoms with E-state index >= 15 is 0 Å². The van der Waals surface area contributed by atoms with E-state index in [1.54, 1.807) is 14.2 Å². The van der Waals surface area contributed by atoms with Gasteiger partial charge < -0.3 is 9.47 Å². The topological polar surface area (TPSA) is 43.2 Å². The highest BCUT2D eigenvalue weighted by Gasteiger charge is 2.56. The lowest BCUT2D eigenvalue weighted by atomic mass is 9.43. The highest BCUT2D eigenvalue weighted by molar-refractivity contribution is 5.80. The third kappa shape index (κ3) is 5.21. The summed E-state index contributed by atoms with van der Waals surface area (Å²) in [5, 5.41) is 0. The van der Waals surface area contributed by atoms with Gasteiger partial charge in [0.25, 0.3) is 0 Å². The van der Waals surface area contributed by atoms with E-state index in [-0.39, 0.29) is 0 Å². The summed E-state index contributed by atoms with van der Waals surface area (Å²) >= 11 is 0. The van der Waals surface area contributed by atoms with Gasteiger partial charge in [-0.05, 0) is 134 Å². The zero-order chi connectivity index (χ0) is 23.4. The summed E-state index contributed by atoms with van der Waals surface area (Å²) in [5.74, 6) is 3.64. The maximum Gasteiger partial charge on any atom is 0.118 e. The Morgan fingerprint density at radius 1 is 0.706 bits per heavy atom. The Morgan fingerprint density at radius 2 is 1.12 bits per heavy atom. The molecule has 0 aromatic heterocycles. The summed E-state index contributed by atoms with van der Waals surface area (Å²) in [6.45, 7) is 1.88. The highest BCUT2D eigenvalue weighted by Crippen LogP contribution is 2.67. The summed E-state index contributed by atoms with van der Waals surface area (Å²) in [7, 11) is 3.41. The first-order chi connectivity index (χ1) is 16.6. The second-order valence-corrected chi connectivity index (χ2v) is 11.1. The molecule has 4 nitrogen and oxygen atoms in total. The third-order valence-corrected chi connectivity index (χ3v) is 8.56. The number of methoxy groups -OCH3 is 2. The van der Waals surface area contributed by atoms with Gasteiger partial charge >= 0.3 is 0 Å². The molecule has 0 N–H and O–H groups in total. The maximum absolute atomic E-state index is 5.25. The molecule has 4 saturated carbocycles. The minimum Gasteiger partial charge on any atom is -0.497 e. The normalized spacial score (nSPS) is 29.8. The number of hydrogen-bond acceptors (Lipinski definition) is 4. The molecule has 2 aromatic rings. The molecule has 0 aliphatic heterocycles. The Kier molecular flexibility index (Phi) is 6.76. The van der Waals surface area contributed by atoms with Crippen LogP contribution < -0.4 is 9.47 Å². The molecular formula is C30H38N2O2. The van der Waals surface area contributed by atoms with Gasteiger partial charge in [0, 0.05) is 25.5 Å². The number of hydrogen-bond donors (Lipinski definition) is 0. The number of rotatable bonds is 10. The van der Waals surface area contributed by atoms with E-state index in [0.717, 1.165) is 47.6 Å². The Labute approximate surface area is 204 Å². The molecule has 4 bridgehead atoms. The fourth-order valence-corrected chi connectivity index (χ4v) is 7.56. The molecule has 0 atom stereocenters. The molecule has 0 amide bonds. The fourth-order valence-electron chi connectivity index (χ4n) is 7.56. The second kappa shape index (κ2) is 9.93. The largest absolute Gasteiger partial charge is 0.497 e. The van der Waals surface area contributed by atoms with E-state index in [4.69, 9.17) is 19.5 Å². The Morgan fingerprint density at radius 3 is 1.50 bits per heavy atom. The molecule has 0 spiro atoms. The number of ether oxygens (including phenoxy) is 2. The smallest absolute Gasteiger partial charge is 0.118 e. The van der Waals surface area contributed by atoms with Crippen LogP contribution in [0.2, 0.25) is 0 Å². The lowest BCUT2D eigenvalue weighted by Gasteiger charge is -2.62. The SMILES string of the molecule is COc1ccc(C=NCCC23CC4CC(C2)CC(CCN=Cc2ccc(OC)cc2)(C4)C3)cc1. The standard InChI is InChI=1S/C30H38N2O2/c1-33-27-7-3-23(4-8-27)20-31-13-11-29-16-25-15-26(17-29)19-30(18-25,22-29)12-14-32-21-24-5-9-28(34-2)10-6-24/h3-10,20-21,25-26H,11-19,22H2,1-2H3. The molecule has 4 fully saturated rings. The van der Waals surface area contributed by atoms with Crippen LogP contribution >= 0.6 is 0 Å². The van der Waals surface area contributed by atoms with Gasteiger partial charge in [-0.25, -0.2) is 0 Å². The molecule has 0 saturated heterocycles. The Bertz CT molecular complexity index is 916. The molecule has 0 radical (unpaired) electrons. The molecular weight excluding hydrogens is 420 g/mol. The third-order valence-electron chi connectivity index (χ3n) is 8.56. The molecule has 4 heteroatoms. The van der Waals surface area contributed by atoms with Crippen molar-refractivity contribution in [1.82, 2.24) is 0 Å². The summed E-state index contributed by atoms with van der Waals surface area (Å²) in [6, 6.07) is 16.3. The van der Waals surface area contributed by atoms with Crippen molar-refractivity contribution in [3.05, 3.63) is 59.7 Å². The average molecular weight is 459 g/mol. The van der Waals surface area contributed by atoms with Gasteiger partial charge in [-0.2, -0.15) is 0 Å². The van der Waals surface area contributed by atoms with Crippen LogP contribution in [0, 0.1) is 22.7 Å². The second-order valence-electron chi connectivity index (χ2n) is 11.1. The van der Waals surface area contributed by atoms with Crippen LogP contribution in [0.1, 0.15) is 62.5 Å². The van der Waals surface area contributed by atoms with Crippen molar-refractivity contribution in [2.24, 2.45) is 32.7 Å². The Balaban J connectivity index is 1.17. The van der Waals surface area contributed by atoms with Crippen molar-refractivity contribution in [3.63, 3.8) is 0 Å². The van der Waals surface area contributed by atoms with Crippen LogP contribution in [-0.4, -0.2) is 39.7 Å². The lowest BCUT2D eigenvalue weighted by molar-refractivity contribution is -0.115. The molecule has 0 unspecified atom stereocenters. The van der Waals surface area contributed by atoms with E-state index in [1.807, 2.05) is 36.7 Å². The van der Waals surface area contributed by atoms with Gasteiger partial charge in [0.15, 0.2) is 0 Å². The van der Waals surface area contributed by atoms with Gasteiger partial charge in [0.2, 0.25) is 0 Å². The van der Waals surface area contributed by atoms with Gasteiger partial charge in [0.1, 0.15) is 11.5 Å².